The van der Waals surface area contributed by atoms with Crippen molar-refractivity contribution in [3.8, 4) is 11.3 Å². The van der Waals surface area contributed by atoms with Crippen LogP contribution in [0.5, 0.6) is 0 Å². The number of fused-ring (bicyclic) bond motifs is 1. The average Bonchev–Trinajstić information content (AvgIpc) is 2.72. The highest BCUT2D eigenvalue weighted by atomic mass is 35.5. The van der Waals surface area contributed by atoms with Gasteiger partial charge in [0.25, 0.3) is 0 Å². The number of halogens is 3. The van der Waals surface area contributed by atoms with E-state index in [1.807, 2.05) is 35.9 Å². The molecule has 0 N–H and O–H groups in total. The zero-order valence-electron chi connectivity index (χ0n) is 9.99. The summed E-state index contributed by atoms with van der Waals surface area (Å²) >= 11 is 18.1. The third-order valence-electron chi connectivity index (χ3n) is 2.91. The van der Waals surface area contributed by atoms with E-state index >= 15 is 0 Å². The van der Waals surface area contributed by atoms with Crippen LogP contribution in [0.1, 0.15) is 5.56 Å². The molecule has 0 bridgehead atoms. The van der Waals surface area contributed by atoms with E-state index in [1.165, 1.54) is 0 Å². The highest BCUT2D eigenvalue weighted by molar-refractivity contribution is 6.36. The average molecular weight is 312 g/mol. The number of rotatable bonds is 1. The van der Waals surface area contributed by atoms with E-state index in [4.69, 9.17) is 34.8 Å². The molecule has 0 aliphatic rings. The predicted octanol–water partition coefficient (Wildman–Crippen LogP) is 5.27. The summed E-state index contributed by atoms with van der Waals surface area (Å²) in [4.78, 5) is 4.59. The first-order chi connectivity index (χ1) is 9.04. The van der Waals surface area contributed by atoms with Crippen molar-refractivity contribution in [2.75, 3.05) is 0 Å². The molecule has 2 heterocycles. The second-order valence-corrected chi connectivity index (χ2v) is 5.60. The Morgan fingerprint density at radius 2 is 1.79 bits per heavy atom. The van der Waals surface area contributed by atoms with Gasteiger partial charge >= 0.3 is 0 Å². The molecule has 0 aliphatic heterocycles. The fourth-order valence-corrected chi connectivity index (χ4v) is 2.83. The van der Waals surface area contributed by atoms with Gasteiger partial charge in [-0.15, -0.1) is 0 Å². The van der Waals surface area contributed by atoms with Crippen LogP contribution in [-0.4, -0.2) is 9.38 Å². The summed E-state index contributed by atoms with van der Waals surface area (Å²) in [6.45, 7) is 1.97. The maximum absolute atomic E-state index is 6.20. The summed E-state index contributed by atoms with van der Waals surface area (Å²) in [5.74, 6) is 0. The van der Waals surface area contributed by atoms with Crippen molar-refractivity contribution in [2.24, 2.45) is 0 Å². The molecule has 0 atom stereocenters. The SMILES string of the molecule is Cc1cc(Cl)cn2cc(-c3ccc(Cl)cc3Cl)nc12. The molecular weight excluding hydrogens is 303 g/mol. The largest absolute Gasteiger partial charge is 0.305 e. The fourth-order valence-electron chi connectivity index (χ4n) is 2.05. The highest BCUT2D eigenvalue weighted by Crippen LogP contribution is 2.30. The number of pyridine rings is 1. The van der Waals surface area contributed by atoms with E-state index in [0.717, 1.165) is 22.5 Å². The summed E-state index contributed by atoms with van der Waals surface area (Å²) in [5.41, 5.74) is 3.53. The van der Waals surface area contributed by atoms with Crippen LogP contribution in [0.2, 0.25) is 15.1 Å². The minimum atomic E-state index is 0.583. The van der Waals surface area contributed by atoms with Crippen LogP contribution < -0.4 is 0 Å². The molecule has 0 aliphatic carbocycles. The normalized spacial score (nSPS) is 11.2. The Morgan fingerprint density at radius 1 is 1.00 bits per heavy atom. The predicted molar refractivity (Wildman–Crippen MR) is 80.4 cm³/mol. The van der Waals surface area contributed by atoms with E-state index in [2.05, 4.69) is 4.98 Å². The van der Waals surface area contributed by atoms with Gasteiger partial charge in [0, 0.05) is 23.0 Å². The van der Waals surface area contributed by atoms with Crippen molar-refractivity contribution in [1.29, 1.82) is 0 Å². The number of aryl methyl sites for hydroxylation is 1. The number of benzene rings is 1. The topological polar surface area (TPSA) is 17.3 Å². The van der Waals surface area contributed by atoms with Gasteiger partial charge in [-0.2, -0.15) is 0 Å². The molecule has 0 saturated heterocycles. The molecular formula is C14H9Cl3N2. The maximum atomic E-state index is 6.20. The Labute approximate surface area is 125 Å². The van der Waals surface area contributed by atoms with Crippen molar-refractivity contribution in [3.05, 3.63) is 57.3 Å². The first-order valence-corrected chi connectivity index (χ1v) is 6.78. The van der Waals surface area contributed by atoms with Crippen LogP contribution in [0.4, 0.5) is 0 Å². The van der Waals surface area contributed by atoms with Crippen LogP contribution in [0.3, 0.4) is 0 Å². The Kier molecular flexibility index (Phi) is 3.17. The van der Waals surface area contributed by atoms with Gasteiger partial charge in [-0.05, 0) is 36.8 Å². The molecule has 5 heteroatoms. The number of aromatic nitrogens is 2. The molecule has 2 aromatic heterocycles. The molecule has 3 rings (SSSR count). The third-order valence-corrected chi connectivity index (χ3v) is 3.66. The van der Waals surface area contributed by atoms with Crippen molar-refractivity contribution < 1.29 is 0 Å². The van der Waals surface area contributed by atoms with Crippen LogP contribution in [0, 0.1) is 6.92 Å². The van der Waals surface area contributed by atoms with Crippen LogP contribution in [-0.2, 0) is 0 Å². The van der Waals surface area contributed by atoms with Crippen molar-refractivity contribution >= 4 is 40.4 Å². The lowest BCUT2D eigenvalue weighted by Gasteiger charge is -2.00. The highest BCUT2D eigenvalue weighted by Gasteiger charge is 2.10. The summed E-state index contributed by atoms with van der Waals surface area (Å²) in [6.07, 6.45) is 3.73. The minimum absolute atomic E-state index is 0.583. The standard InChI is InChI=1S/C14H9Cl3N2/c1-8-4-10(16)6-19-7-13(18-14(8)19)11-3-2-9(15)5-12(11)17/h2-7H,1H3. The molecule has 0 radical (unpaired) electrons. The lowest BCUT2D eigenvalue weighted by molar-refractivity contribution is 1.16. The van der Waals surface area contributed by atoms with Crippen LogP contribution >= 0.6 is 34.8 Å². The fraction of sp³-hybridized carbons (Fsp3) is 0.0714. The number of nitrogens with zero attached hydrogens (tertiary/aromatic N) is 2. The second kappa shape index (κ2) is 4.71. The molecule has 96 valence electrons. The van der Waals surface area contributed by atoms with E-state index in [0.29, 0.717) is 15.1 Å². The van der Waals surface area contributed by atoms with Gasteiger partial charge in [0.15, 0.2) is 0 Å². The molecule has 0 amide bonds. The third kappa shape index (κ3) is 2.32. The lowest BCUT2D eigenvalue weighted by atomic mass is 10.2. The maximum Gasteiger partial charge on any atom is 0.140 e. The molecule has 0 fully saturated rings. The van der Waals surface area contributed by atoms with Gasteiger partial charge in [-0.3, -0.25) is 0 Å². The minimum Gasteiger partial charge on any atom is -0.305 e. The van der Waals surface area contributed by atoms with Crippen molar-refractivity contribution in [3.63, 3.8) is 0 Å². The summed E-state index contributed by atoms with van der Waals surface area (Å²) < 4.78 is 1.90. The monoisotopic (exact) mass is 310 g/mol. The first kappa shape index (κ1) is 12.8. The van der Waals surface area contributed by atoms with Crippen LogP contribution in [0.25, 0.3) is 16.9 Å². The Balaban J connectivity index is 2.23. The number of hydrogen-bond donors (Lipinski definition) is 0. The molecule has 0 unspecified atom stereocenters. The molecule has 19 heavy (non-hydrogen) atoms. The lowest BCUT2D eigenvalue weighted by Crippen LogP contribution is -1.85. The summed E-state index contributed by atoms with van der Waals surface area (Å²) in [5, 5.41) is 1.87. The molecule has 2 nitrogen and oxygen atoms in total. The molecule has 3 aromatic rings. The van der Waals surface area contributed by atoms with Gasteiger partial charge < -0.3 is 4.40 Å². The zero-order chi connectivity index (χ0) is 13.6. The number of hydrogen-bond acceptors (Lipinski definition) is 1. The van der Waals surface area contributed by atoms with Gasteiger partial charge in [0.2, 0.25) is 0 Å². The summed E-state index contributed by atoms with van der Waals surface area (Å²) in [6, 6.07) is 7.26. The Hall–Kier alpha value is -1.22. The van der Waals surface area contributed by atoms with Gasteiger partial charge in [-0.1, -0.05) is 34.8 Å². The van der Waals surface area contributed by atoms with Gasteiger partial charge in [0.1, 0.15) is 5.65 Å². The molecule has 0 saturated carbocycles. The van der Waals surface area contributed by atoms with Crippen molar-refractivity contribution in [2.45, 2.75) is 6.92 Å². The Bertz CT molecular complexity index is 778. The van der Waals surface area contributed by atoms with E-state index < -0.39 is 0 Å². The van der Waals surface area contributed by atoms with Gasteiger partial charge in [-0.25, -0.2) is 4.98 Å². The smallest absolute Gasteiger partial charge is 0.140 e. The summed E-state index contributed by atoms with van der Waals surface area (Å²) in [7, 11) is 0. The van der Waals surface area contributed by atoms with Crippen molar-refractivity contribution in [1.82, 2.24) is 9.38 Å². The van der Waals surface area contributed by atoms with Gasteiger partial charge in [0.05, 0.1) is 15.7 Å². The van der Waals surface area contributed by atoms with E-state index in [9.17, 15) is 0 Å². The molecule has 1 aromatic carbocycles. The number of imidazole rings is 1. The Morgan fingerprint density at radius 3 is 2.53 bits per heavy atom. The quantitative estimate of drug-likeness (QED) is 0.598. The van der Waals surface area contributed by atoms with E-state index in [-0.39, 0.29) is 0 Å². The second-order valence-electron chi connectivity index (χ2n) is 4.32. The molecule has 0 spiro atoms. The van der Waals surface area contributed by atoms with E-state index in [1.54, 1.807) is 12.1 Å². The first-order valence-electron chi connectivity index (χ1n) is 5.65. The zero-order valence-corrected chi connectivity index (χ0v) is 12.3. The van der Waals surface area contributed by atoms with Crippen LogP contribution in [0.15, 0.2) is 36.7 Å².